The van der Waals surface area contributed by atoms with Crippen LogP contribution in [0.3, 0.4) is 0 Å². The summed E-state index contributed by atoms with van der Waals surface area (Å²) in [7, 11) is 0. The quantitative estimate of drug-likeness (QED) is 0.702. The first-order valence-electron chi connectivity index (χ1n) is 9.98. The molecule has 6 nitrogen and oxygen atoms in total. The van der Waals surface area contributed by atoms with Crippen molar-refractivity contribution in [3.8, 4) is 6.07 Å². The van der Waals surface area contributed by atoms with Crippen LogP contribution < -0.4 is 10.5 Å². The number of rotatable bonds is 3. The van der Waals surface area contributed by atoms with Gasteiger partial charge in [0.1, 0.15) is 10.5 Å². The summed E-state index contributed by atoms with van der Waals surface area (Å²) in [5.74, 6) is -0.341. The number of hydrogen-bond donors (Lipinski definition) is 1. The van der Waals surface area contributed by atoms with Crippen molar-refractivity contribution < 1.29 is 4.39 Å². The highest BCUT2D eigenvalue weighted by Gasteiger charge is 2.27. The molecule has 3 heterocycles. The zero-order valence-electron chi connectivity index (χ0n) is 16.3. The number of H-pyrrole nitrogens is 1. The fourth-order valence-electron chi connectivity index (χ4n) is 4.39. The van der Waals surface area contributed by atoms with Crippen LogP contribution in [0.15, 0.2) is 40.6 Å². The number of nitrogens with zero attached hydrogens (tertiary/aromatic N) is 4. The van der Waals surface area contributed by atoms with Crippen molar-refractivity contribution in [3.63, 3.8) is 0 Å². The van der Waals surface area contributed by atoms with E-state index in [1.807, 2.05) is 17.0 Å². The Hall–Kier alpha value is -3.02. The topological polar surface area (TPSA) is 76.0 Å². The van der Waals surface area contributed by atoms with Gasteiger partial charge in [-0.25, -0.2) is 9.37 Å². The molecular weight excluding hydrogens is 401 g/mol. The Kier molecular flexibility index (Phi) is 4.85. The van der Waals surface area contributed by atoms with E-state index in [2.05, 4.69) is 20.9 Å². The Balaban J connectivity index is 1.28. The number of hydrogen-bond acceptors (Lipinski definition) is 6. The minimum Gasteiger partial charge on any atom is -0.367 e. The molecule has 3 aromatic rings. The van der Waals surface area contributed by atoms with Crippen molar-refractivity contribution in [3.05, 3.63) is 63.3 Å². The lowest BCUT2D eigenvalue weighted by Crippen LogP contribution is -2.49. The normalized spacial score (nSPS) is 19.8. The lowest BCUT2D eigenvalue weighted by molar-refractivity contribution is 0.214. The Morgan fingerprint density at radius 1 is 1.23 bits per heavy atom. The van der Waals surface area contributed by atoms with Gasteiger partial charge in [0.25, 0.3) is 5.56 Å². The molecule has 1 aliphatic carbocycles. The van der Waals surface area contributed by atoms with Gasteiger partial charge in [-0.15, -0.1) is 11.3 Å². The molecule has 152 valence electrons. The van der Waals surface area contributed by atoms with Gasteiger partial charge in [0.05, 0.1) is 28.3 Å². The molecule has 1 atom stereocenters. The third-order valence-electron chi connectivity index (χ3n) is 5.98. The standard InChI is InChI=1S/C22H20FN5OS/c23-17-9-14(12-24)1-4-20(17)28-7-5-27(6-8-28)16-3-2-15(10-16)18-11-19-21(22(29)26-18)30-13-25-19/h1,4,9-11,13,16H,2-3,5-8H2,(H,26,29)/t16-/m1/s1. The number of piperazine rings is 1. The van der Waals surface area contributed by atoms with E-state index in [0.717, 1.165) is 55.8 Å². The SMILES string of the molecule is N#Cc1ccc(N2CCN([C@H]3C=C(c4cc5ncsc5c(=O)[nH]4)CC3)CC2)c(F)c1. The van der Waals surface area contributed by atoms with E-state index in [-0.39, 0.29) is 11.4 Å². The van der Waals surface area contributed by atoms with Gasteiger partial charge in [0, 0.05) is 37.9 Å². The molecule has 8 heteroatoms. The van der Waals surface area contributed by atoms with Crippen LogP contribution in [0.4, 0.5) is 10.1 Å². The van der Waals surface area contributed by atoms with Crippen molar-refractivity contribution in [1.82, 2.24) is 14.9 Å². The molecule has 1 aromatic carbocycles. The molecule has 0 saturated carbocycles. The first-order chi connectivity index (χ1) is 14.6. The van der Waals surface area contributed by atoms with E-state index in [0.29, 0.717) is 22.0 Å². The summed E-state index contributed by atoms with van der Waals surface area (Å²) in [6.07, 6.45) is 4.18. The minimum absolute atomic E-state index is 0.0765. The summed E-state index contributed by atoms with van der Waals surface area (Å²) in [6, 6.07) is 8.92. The third-order valence-corrected chi connectivity index (χ3v) is 6.82. The van der Waals surface area contributed by atoms with Gasteiger partial charge in [-0.2, -0.15) is 5.26 Å². The van der Waals surface area contributed by atoms with E-state index >= 15 is 0 Å². The second kappa shape index (κ2) is 7.67. The van der Waals surface area contributed by atoms with Gasteiger partial charge in [-0.1, -0.05) is 6.08 Å². The fourth-order valence-corrected chi connectivity index (χ4v) is 5.06. The predicted octanol–water partition coefficient (Wildman–Crippen LogP) is 3.36. The minimum atomic E-state index is -0.341. The molecule has 0 unspecified atom stereocenters. The average Bonchev–Trinajstić information content (AvgIpc) is 3.44. The third kappa shape index (κ3) is 3.40. The second-order valence-electron chi connectivity index (χ2n) is 7.68. The van der Waals surface area contributed by atoms with Gasteiger partial charge in [-0.3, -0.25) is 9.69 Å². The van der Waals surface area contributed by atoms with Crippen LogP contribution >= 0.6 is 11.3 Å². The Morgan fingerprint density at radius 2 is 2.07 bits per heavy atom. The largest absolute Gasteiger partial charge is 0.367 e. The molecule has 30 heavy (non-hydrogen) atoms. The number of pyridine rings is 1. The molecule has 1 N–H and O–H groups in total. The number of anilines is 1. The van der Waals surface area contributed by atoms with Crippen LogP contribution in [0.25, 0.3) is 15.8 Å². The van der Waals surface area contributed by atoms with E-state index < -0.39 is 0 Å². The van der Waals surface area contributed by atoms with Crippen molar-refractivity contribution >= 4 is 32.8 Å². The molecule has 5 rings (SSSR count). The van der Waals surface area contributed by atoms with Crippen molar-refractivity contribution in [1.29, 1.82) is 5.26 Å². The first-order valence-corrected chi connectivity index (χ1v) is 10.9. The van der Waals surface area contributed by atoms with Crippen molar-refractivity contribution in [2.45, 2.75) is 18.9 Å². The number of aromatic nitrogens is 2. The molecule has 0 amide bonds. The number of benzene rings is 1. The summed E-state index contributed by atoms with van der Waals surface area (Å²) < 4.78 is 15.0. The summed E-state index contributed by atoms with van der Waals surface area (Å²) in [5.41, 5.74) is 5.30. The number of thiazole rings is 1. The van der Waals surface area contributed by atoms with E-state index in [9.17, 15) is 9.18 Å². The van der Waals surface area contributed by atoms with E-state index in [1.54, 1.807) is 17.6 Å². The van der Waals surface area contributed by atoms with Crippen molar-refractivity contribution in [2.24, 2.45) is 0 Å². The Morgan fingerprint density at radius 3 is 2.83 bits per heavy atom. The van der Waals surface area contributed by atoms with Gasteiger partial charge in [0.15, 0.2) is 0 Å². The second-order valence-corrected chi connectivity index (χ2v) is 8.53. The zero-order valence-corrected chi connectivity index (χ0v) is 17.1. The lowest BCUT2D eigenvalue weighted by atomic mass is 10.1. The molecule has 0 radical (unpaired) electrons. The maximum atomic E-state index is 14.3. The summed E-state index contributed by atoms with van der Waals surface area (Å²) in [5, 5.41) is 8.91. The number of nitriles is 1. The maximum Gasteiger partial charge on any atom is 0.268 e. The van der Waals surface area contributed by atoms with Gasteiger partial charge in [0.2, 0.25) is 0 Å². The fraction of sp³-hybridized carbons (Fsp3) is 0.318. The maximum absolute atomic E-state index is 14.3. The number of aromatic amines is 1. The smallest absolute Gasteiger partial charge is 0.268 e. The molecule has 2 aromatic heterocycles. The Labute approximate surface area is 176 Å². The van der Waals surface area contributed by atoms with E-state index in [1.165, 1.54) is 17.4 Å². The number of allylic oxidation sites excluding steroid dienone is 1. The summed E-state index contributed by atoms with van der Waals surface area (Å²) >= 11 is 1.36. The number of fused-ring (bicyclic) bond motifs is 1. The molecule has 1 aliphatic heterocycles. The van der Waals surface area contributed by atoms with Crippen LogP contribution in [0, 0.1) is 17.1 Å². The molecule has 2 aliphatic rings. The van der Waals surface area contributed by atoms with Crippen LogP contribution in [0.1, 0.15) is 24.1 Å². The summed E-state index contributed by atoms with van der Waals surface area (Å²) in [4.78, 5) is 24.0. The first kappa shape index (κ1) is 19.0. The van der Waals surface area contributed by atoms with Crippen LogP contribution in [0.2, 0.25) is 0 Å². The zero-order chi connectivity index (χ0) is 20.7. The number of nitrogens with one attached hydrogen (secondary N) is 1. The highest BCUT2D eigenvalue weighted by molar-refractivity contribution is 7.16. The molecule has 1 saturated heterocycles. The Bertz CT molecular complexity index is 1230. The average molecular weight is 422 g/mol. The molecule has 0 bridgehead atoms. The summed E-state index contributed by atoms with van der Waals surface area (Å²) in [6.45, 7) is 3.17. The van der Waals surface area contributed by atoms with Crippen LogP contribution in [0.5, 0.6) is 0 Å². The molecule has 1 fully saturated rings. The number of halogens is 1. The molecular formula is C22H20FN5OS. The lowest BCUT2D eigenvalue weighted by Gasteiger charge is -2.38. The van der Waals surface area contributed by atoms with E-state index in [4.69, 9.17) is 5.26 Å². The monoisotopic (exact) mass is 421 g/mol. The molecule has 0 spiro atoms. The van der Waals surface area contributed by atoms with Gasteiger partial charge in [-0.05, 0) is 42.7 Å². The highest BCUT2D eigenvalue weighted by Crippen LogP contribution is 2.31. The van der Waals surface area contributed by atoms with Crippen molar-refractivity contribution in [2.75, 3.05) is 31.1 Å². The van der Waals surface area contributed by atoms with Crippen LogP contribution in [-0.2, 0) is 0 Å². The predicted molar refractivity (Wildman–Crippen MR) is 116 cm³/mol. The van der Waals surface area contributed by atoms with Gasteiger partial charge >= 0.3 is 0 Å². The van der Waals surface area contributed by atoms with Gasteiger partial charge < -0.3 is 9.88 Å². The highest BCUT2D eigenvalue weighted by atomic mass is 32.1. The van der Waals surface area contributed by atoms with Crippen LogP contribution in [-0.4, -0.2) is 47.1 Å².